The number of rotatable bonds is 4. The van der Waals surface area contributed by atoms with Crippen molar-refractivity contribution in [1.29, 1.82) is 0 Å². The Morgan fingerprint density at radius 3 is 2.57 bits per heavy atom. The van der Waals surface area contributed by atoms with Crippen LogP contribution in [0.3, 0.4) is 0 Å². The van der Waals surface area contributed by atoms with Gasteiger partial charge in [0.15, 0.2) is 5.82 Å². The fourth-order valence-corrected chi connectivity index (χ4v) is 0.888. The Kier molecular flexibility index (Phi) is 3.45. The Hall–Kier alpha value is -2.08. The highest BCUT2D eigenvalue weighted by Crippen LogP contribution is 2.06. The zero-order valence-electron chi connectivity index (χ0n) is 7.31. The van der Waals surface area contributed by atoms with Gasteiger partial charge in [0.2, 0.25) is 0 Å². The summed E-state index contributed by atoms with van der Waals surface area (Å²) in [6.07, 6.45) is 0.757. The molecule has 0 aliphatic carbocycles. The maximum absolute atomic E-state index is 10.2. The van der Waals surface area contributed by atoms with Gasteiger partial charge in [-0.15, -0.1) is 0 Å². The van der Waals surface area contributed by atoms with Gasteiger partial charge in [-0.3, -0.25) is 10.1 Å². The van der Waals surface area contributed by atoms with E-state index in [0.717, 1.165) is 11.9 Å². The third-order valence-corrected chi connectivity index (χ3v) is 1.44. The van der Waals surface area contributed by atoms with Crippen LogP contribution in [0.4, 0.5) is 5.69 Å². The van der Waals surface area contributed by atoms with E-state index < -0.39 is 4.92 Å². The molecule has 0 saturated carbocycles. The van der Waals surface area contributed by atoms with Gasteiger partial charge in [0.25, 0.3) is 6.20 Å². The lowest BCUT2D eigenvalue weighted by Crippen LogP contribution is -2.26. The van der Waals surface area contributed by atoms with E-state index in [1.165, 1.54) is 0 Å². The van der Waals surface area contributed by atoms with Crippen LogP contribution in [0.1, 0.15) is 0 Å². The fraction of sp³-hybridized carbons (Fsp3) is 0. The fourth-order valence-electron chi connectivity index (χ4n) is 0.888. The molecule has 0 aliphatic rings. The standard InChI is InChI=1S/C8H10N4O2/c9-11-8(6-12(13)14)10-7-4-2-1-3-5-7/h1-6,10-11H,9H2/b8-6-. The predicted molar refractivity (Wildman–Crippen MR) is 52.5 cm³/mol. The van der Waals surface area contributed by atoms with Crippen LogP contribution in [0.25, 0.3) is 0 Å². The molecule has 1 aromatic carbocycles. The second kappa shape index (κ2) is 4.83. The first kappa shape index (κ1) is 10.0. The number of hydrazine groups is 1. The van der Waals surface area contributed by atoms with Crippen molar-refractivity contribution in [3.8, 4) is 0 Å². The molecular formula is C8H10N4O2. The molecule has 0 unspecified atom stereocenters. The highest BCUT2D eigenvalue weighted by atomic mass is 16.6. The lowest BCUT2D eigenvalue weighted by atomic mass is 10.3. The van der Waals surface area contributed by atoms with E-state index in [1.807, 2.05) is 18.2 Å². The maximum atomic E-state index is 10.2. The molecule has 4 N–H and O–H groups in total. The van der Waals surface area contributed by atoms with Gasteiger partial charge in [0.05, 0.1) is 4.92 Å². The van der Waals surface area contributed by atoms with Crippen molar-refractivity contribution in [3.05, 3.63) is 52.5 Å². The van der Waals surface area contributed by atoms with Gasteiger partial charge in [-0.25, -0.2) is 5.84 Å². The average Bonchev–Trinajstić information content (AvgIpc) is 2.17. The Bertz CT molecular complexity index is 336. The van der Waals surface area contributed by atoms with E-state index in [1.54, 1.807) is 12.1 Å². The van der Waals surface area contributed by atoms with E-state index in [9.17, 15) is 10.1 Å². The number of nitrogens with one attached hydrogen (secondary N) is 2. The molecule has 0 fully saturated rings. The molecule has 0 atom stereocenters. The summed E-state index contributed by atoms with van der Waals surface area (Å²) in [6, 6.07) is 9.00. The molecule has 74 valence electrons. The molecule has 1 aromatic rings. The molecule has 0 aromatic heterocycles. The summed E-state index contributed by atoms with van der Waals surface area (Å²) in [5.41, 5.74) is 2.91. The summed E-state index contributed by atoms with van der Waals surface area (Å²) in [5, 5.41) is 12.9. The summed E-state index contributed by atoms with van der Waals surface area (Å²) in [7, 11) is 0. The van der Waals surface area contributed by atoms with Gasteiger partial charge in [-0.1, -0.05) is 18.2 Å². The van der Waals surface area contributed by atoms with Crippen LogP contribution < -0.4 is 16.6 Å². The van der Waals surface area contributed by atoms with Crippen molar-refractivity contribution in [1.82, 2.24) is 5.43 Å². The van der Waals surface area contributed by atoms with Crippen molar-refractivity contribution in [3.63, 3.8) is 0 Å². The molecule has 0 spiro atoms. The van der Waals surface area contributed by atoms with Crippen molar-refractivity contribution >= 4 is 5.69 Å². The molecule has 14 heavy (non-hydrogen) atoms. The lowest BCUT2D eigenvalue weighted by molar-refractivity contribution is -0.403. The Morgan fingerprint density at radius 2 is 2.07 bits per heavy atom. The van der Waals surface area contributed by atoms with E-state index >= 15 is 0 Å². The summed E-state index contributed by atoms with van der Waals surface area (Å²) >= 11 is 0. The number of hydrogen-bond donors (Lipinski definition) is 3. The number of para-hydroxylation sites is 1. The summed E-state index contributed by atoms with van der Waals surface area (Å²) in [4.78, 5) is 9.56. The second-order valence-electron chi connectivity index (χ2n) is 2.46. The van der Waals surface area contributed by atoms with Gasteiger partial charge < -0.3 is 10.7 Å². The van der Waals surface area contributed by atoms with E-state index in [2.05, 4.69) is 10.7 Å². The van der Waals surface area contributed by atoms with Crippen molar-refractivity contribution in [2.75, 3.05) is 5.32 Å². The average molecular weight is 194 g/mol. The first-order chi connectivity index (χ1) is 6.72. The van der Waals surface area contributed by atoms with Gasteiger partial charge in [-0.05, 0) is 12.1 Å². The number of nitrogens with two attached hydrogens (primary N) is 1. The minimum atomic E-state index is -0.592. The zero-order valence-corrected chi connectivity index (χ0v) is 7.31. The highest BCUT2D eigenvalue weighted by molar-refractivity contribution is 5.46. The smallest absolute Gasteiger partial charge is 0.275 e. The second-order valence-corrected chi connectivity index (χ2v) is 2.46. The number of hydrogen-bond acceptors (Lipinski definition) is 5. The Morgan fingerprint density at radius 1 is 1.43 bits per heavy atom. The molecule has 6 heteroatoms. The van der Waals surface area contributed by atoms with Gasteiger partial charge in [-0.2, -0.15) is 0 Å². The SMILES string of the molecule is NN/C(=C\[N+](=O)[O-])Nc1ccccc1. The largest absolute Gasteiger partial charge is 0.336 e. The monoisotopic (exact) mass is 194 g/mol. The minimum absolute atomic E-state index is 0.126. The molecule has 0 bridgehead atoms. The topological polar surface area (TPSA) is 93.2 Å². The molecular weight excluding hydrogens is 184 g/mol. The van der Waals surface area contributed by atoms with Crippen LogP contribution in [0, 0.1) is 10.1 Å². The third-order valence-electron chi connectivity index (χ3n) is 1.44. The van der Waals surface area contributed by atoms with Crippen LogP contribution >= 0.6 is 0 Å². The molecule has 0 radical (unpaired) electrons. The molecule has 0 heterocycles. The van der Waals surface area contributed by atoms with Crippen LogP contribution in [0.2, 0.25) is 0 Å². The summed E-state index contributed by atoms with van der Waals surface area (Å²) in [5.74, 6) is 5.21. The maximum Gasteiger partial charge on any atom is 0.275 e. The van der Waals surface area contributed by atoms with Crippen LogP contribution in [-0.2, 0) is 0 Å². The van der Waals surface area contributed by atoms with E-state index in [-0.39, 0.29) is 5.82 Å². The Labute approximate surface area is 80.5 Å². The predicted octanol–water partition coefficient (Wildman–Crippen LogP) is 0.637. The van der Waals surface area contributed by atoms with E-state index in [4.69, 9.17) is 5.84 Å². The number of benzene rings is 1. The van der Waals surface area contributed by atoms with Gasteiger partial charge in [0, 0.05) is 5.69 Å². The first-order valence-electron chi connectivity index (χ1n) is 3.86. The number of nitro groups is 1. The quantitative estimate of drug-likeness (QED) is 0.371. The van der Waals surface area contributed by atoms with Crippen LogP contribution in [0.15, 0.2) is 42.4 Å². The van der Waals surface area contributed by atoms with Crippen LogP contribution in [0.5, 0.6) is 0 Å². The molecule has 0 amide bonds. The summed E-state index contributed by atoms with van der Waals surface area (Å²) < 4.78 is 0. The molecule has 0 saturated heterocycles. The lowest BCUT2D eigenvalue weighted by Gasteiger charge is -2.06. The van der Waals surface area contributed by atoms with Crippen molar-refractivity contribution in [2.45, 2.75) is 0 Å². The van der Waals surface area contributed by atoms with Gasteiger partial charge in [0.1, 0.15) is 0 Å². The highest BCUT2D eigenvalue weighted by Gasteiger charge is 1.99. The van der Waals surface area contributed by atoms with Crippen molar-refractivity contribution < 1.29 is 4.92 Å². The first-order valence-corrected chi connectivity index (χ1v) is 3.86. The summed E-state index contributed by atoms with van der Waals surface area (Å²) in [6.45, 7) is 0. The van der Waals surface area contributed by atoms with Crippen LogP contribution in [-0.4, -0.2) is 4.92 Å². The Balaban J connectivity index is 2.71. The molecule has 6 nitrogen and oxygen atoms in total. The normalized spacial score (nSPS) is 10.8. The van der Waals surface area contributed by atoms with Gasteiger partial charge >= 0.3 is 0 Å². The number of nitrogens with zero attached hydrogens (tertiary/aromatic N) is 1. The minimum Gasteiger partial charge on any atom is -0.336 e. The molecule has 0 aliphatic heterocycles. The zero-order chi connectivity index (χ0) is 10.4. The van der Waals surface area contributed by atoms with Crippen molar-refractivity contribution in [2.24, 2.45) is 5.84 Å². The molecule has 1 rings (SSSR count). The van der Waals surface area contributed by atoms with E-state index in [0.29, 0.717) is 0 Å². The number of anilines is 1. The third kappa shape index (κ3) is 3.11.